The Kier molecular flexibility index (Phi) is 3.78. The van der Waals surface area contributed by atoms with Gasteiger partial charge in [-0.25, -0.2) is 22.0 Å². The lowest BCUT2D eigenvalue weighted by molar-refractivity contribution is 0.0697. The van der Waals surface area contributed by atoms with Gasteiger partial charge >= 0.3 is 5.97 Å². The Balaban J connectivity index is 2.72. The van der Waals surface area contributed by atoms with E-state index in [0.29, 0.717) is 6.07 Å². The summed E-state index contributed by atoms with van der Waals surface area (Å²) in [7, 11) is -3.59. The molecule has 0 spiro atoms. The van der Waals surface area contributed by atoms with Gasteiger partial charge in [-0.2, -0.15) is 0 Å². The average molecular weight is 312 g/mol. The second-order valence-corrected chi connectivity index (χ2v) is 6.42. The van der Waals surface area contributed by atoms with Crippen molar-refractivity contribution in [2.24, 2.45) is 0 Å². The number of benzene rings is 2. The summed E-state index contributed by atoms with van der Waals surface area (Å²) in [5.74, 6) is -3.12. The molecule has 0 saturated heterocycles. The first-order valence-electron chi connectivity index (χ1n) is 5.73. The normalized spacial score (nSPS) is 11.4. The van der Waals surface area contributed by atoms with Gasteiger partial charge in [0.25, 0.3) is 0 Å². The van der Waals surface area contributed by atoms with Crippen LogP contribution in [0.25, 0.3) is 11.1 Å². The summed E-state index contributed by atoms with van der Waals surface area (Å²) in [6, 6.07) is 6.05. The first-order valence-corrected chi connectivity index (χ1v) is 7.62. The molecule has 21 heavy (non-hydrogen) atoms. The van der Waals surface area contributed by atoms with Gasteiger partial charge < -0.3 is 5.11 Å². The highest BCUT2D eigenvalue weighted by Gasteiger charge is 2.18. The van der Waals surface area contributed by atoms with Crippen LogP contribution in [0.2, 0.25) is 0 Å². The first kappa shape index (κ1) is 15.1. The molecule has 0 fully saturated rings. The lowest BCUT2D eigenvalue weighted by atomic mass is 9.99. The Morgan fingerprint density at radius 2 is 1.67 bits per heavy atom. The van der Waals surface area contributed by atoms with E-state index in [1.165, 1.54) is 12.1 Å². The Bertz CT molecular complexity index is 829. The van der Waals surface area contributed by atoms with Crippen LogP contribution in [0.3, 0.4) is 0 Å². The van der Waals surface area contributed by atoms with Crippen molar-refractivity contribution in [1.29, 1.82) is 0 Å². The minimum absolute atomic E-state index is 0.0209. The second-order valence-electron chi connectivity index (χ2n) is 4.41. The molecule has 4 nitrogen and oxygen atoms in total. The maximum absolute atomic E-state index is 13.8. The molecule has 0 aromatic heterocycles. The summed E-state index contributed by atoms with van der Waals surface area (Å²) in [6.45, 7) is 0. The number of rotatable bonds is 3. The Hall–Kier alpha value is -2.28. The molecule has 2 rings (SSSR count). The fourth-order valence-corrected chi connectivity index (χ4v) is 2.52. The molecule has 0 heterocycles. The van der Waals surface area contributed by atoms with Crippen molar-refractivity contribution in [3.8, 4) is 11.1 Å². The van der Waals surface area contributed by atoms with Crippen molar-refractivity contribution >= 4 is 15.8 Å². The molecule has 0 aliphatic heterocycles. The van der Waals surface area contributed by atoms with E-state index in [-0.39, 0.29) is 21.6 Å². The quantitative estimate of drug-likeness (QED) is 0.946. The van der Waals surface area contributed by atoms with Crippen LogP contribution in [0, 0.1) is 11.6 Å². The third-order valence-electron chi connectivity index (χ3n) is 2.87. The van der Waals surface area contributed by atoms with Gasteiger partial charge in [-0.05, 0) is 29.8 Å². The van der Waals surface area contributed by atoms with Crippen molar-refractivity contribution in [2.45, 2.75) is 4.90 Å². The van der Waals surface area contributed by atoms with E-state index in [2.05, 4.69) is 0 Å². The Morgan fingerprint density at radius 3 is 2.19 bits per heavy atom. The lowest BCUT2D eigenvalue weighted by Gasteiger charge is -2.09. The van der Waals surface area contributed by atoms with Crippen molar-refractivity contribution in [2.75, 3.05) is 6.26 Å². The van der Waals surface area contributed by atoms with Crippen LogP contribution in [-0.2, 0) is 9.84 Å². The summed E-state index contributed by atoms with van der Waals surface area (Å²) in [6.07, 6.45) is 0.937. The predicted octanol–water partition coefficient (Wildman–Crippen LogP) is 2.73. The van der Waals surface area contributed by atoms with Gasteiger partial charge in [0.2, 0.25) is 0 Å². The number of carboxylic acids is 1. The summed E-state index contributed by atoms with van der Waals surface area (Å²) in [5.41, 5.74) is -0.510. The number of hydrogen-bond acceptors (Lipinski definition) is 3. The topological polar surface area (TPSA) is 71.4 Å². The number of hydrogen-bond donors (Lipinski definition) is 1. The van der Waals surface area contributed by atoms with Crippen molar-refractivity contribution in [1.82, 2.24) is 0 Å². The SMILES string of the molecule is CS(=O)(=O)c1ccc(-c2ccc(F)cc2F)c(C(=O)O)c1. The number of aromatic carboxylic acids is 1. The van der Waals surface area contributed by atoms with Gasteiger partial charge in [-0.1, -0.05) is 6.07 Å². The molecule has 0 amide bonds. The van der Waals surface area contributed by atoms with Crippen molar-refractivity contribution in [3.63, 3.8) is 0 Å². The molecule has 0 atom stereocenters. The highest BCUT2D eigenvalue weighted by Crippen LogP contribution is 2.29. The van der Waals surface area contributed by atoms with E-state index in [1.807, 2.05) is 0 Å². The zero-order valence-corrected chi connectivity index (χ0v) is 11.6. The summed E-state index contributed by atoms with van der Waals surface area (Å²) < 4.78 is 49.6. The maximum Gasteiger partial charge on any atom is 0.336 e. The molecule has 7 heteroatoms. The molecule has 2 aromatic rings. The van der Waals surface area contributed by atoms with E-state index >= 15 is 0 Å². The first-order chi connectivity index (χ1) is 9.70. The Morgan fingerprint density at radius 1 is 1.05 bits per heavy atom. The Labute approximate surface area is 119 Å². The molecule has 0 aliphatic rings. The van der Waals surface area contributed by atoms with Gasteiger partial charge in [0, 0.05) is 17.9 Å². The fourth-order valence-electron chi connectivity index (χ4n) is 1.87. The van der Waals surface area contributed by atoms with Crippen LogP contribution in [0.5, 0.6) is 0 Å². The number of halogens is 2. The molecule has 0 aliphatic carbocycles. The van der Waals surface area contributed by atoms with Gasteiger partial charge in [0.15, 0.2) is 9.84 Å². The third-order valence-corrected chi connectivity index (χ3v) is 3.98. The van der Waals surface area contributed by atoms with E-state index in [9.17, 15) is 27.1 Å². The molecule has 0 radical (unpaired) electrons. The fraction of sp³-hybridized carbons (Fsp3) is 0.0714. The van der Waals surface area contributed by atoms with Gasteiger partial charge in [-0.3, -0.25) is 0 Å². The van der Waals surface area contributed by atoms with Crippen LogP contribution in [-0.4, -0.2) is 25.7 Å². The lowest BCUT2D eigenvalue weighted by Crippen LogP contribution is -2.05. The average Bonchev–Trinajstić information content (AvgIpc) is 2.37. The molecular formula is C14H10F2O4S. The molecule has 0 bridgehead atoms. The van der Waals surface area contributed by atoms with Gasteiger partial charge in [0.1, 0.15) is 11.6 Å². The van der Waals surface area contributed by atoms with Crippen LogP contribution in [0.4, 0.5) is 8.78 Å². The smallest absolute Gasteiger partial charge is 0.336 e. The van der Waals surface area contributed by atoms with E-state index in [1.54, 1.807) is 0 Å². The number of carbonyl (C=O) groups is 1. The maximum atomic E-state index is 13.8. The highest BCUT2D eigenvalue weighted by atomic mass is 32.2. The summed E-state index contributed by atoms with van der Waals surface area (Å²) >= 11 is 0. The predicted molar refractivity (Wildman–Crippen MR) is 71.9 cm³/mol. The van der Waals surface area contributed by atoms with E-state index in [4.69, 9.17) is 0 Å². The number of sulfone groups is 1. The van der Waals surface area contributed by atoms with Gasteiger partial charge in [-0.15, -0.1) is 0 Å². The zero-order valence-electron chi connectivity index (χ0n) is 10.8. The third kappa shape index (κ3) is 3.08. The van der Waals surface area contributed by atoms with Crippen LogP contribution in [0.1, 0.15) is 10.4 Å². The van der Waals surface area contributed by atoms with E-state index < -0.39 is 27.4 Å². The van der Waals surface area contributed by atoms with Crippen molar-refractivity contribution in [3.05, 3.63) is 53.6 Å². The minimum Gasteiger partial charge on any atom is -0.478 e. The summed E-state index contributed by atoms with van der Waals surface area (Å²) in [4.78, 5) is 11.1. The standard InChI is InChI=1S/C14H10F2O4S/c1-21(19,20)9-3-5-10(12(7-9)14(17)18)11-4-2-8(15)6-13(11)16/h2-7H,1H3,(H,17,18). The van der Waals surface area contributed by atoms with Crippen molar-refractivity contribution < 1.29 is 27.1 Å². The molecule has 0 unspecified atom stereocenters. The molecule has 110 valence electrons. The van der Waals surface area contributed by atoms with E-state index in [0.717, 1.165) is 24.5 Å². The van der Waals surface area contributed by atoms with Crippen LogP contribution in [0.15, 0.2) is 41.3 Å². The van der Waals surface area contributed by atoms with Crippen LogP contribution >= 0.6 is 0 Å². The second kappa shape index (κ2) is 5.25. The summed E-state index contributed by atoms with van der Waals surface area (Å²) in [5, 5.41) is 9.17. The molecular weight excluding hydrogens is 302 g/mol. The molecule has 0 saturated carbocycles. The monoisotopic (exact) mass is 312 g/mol. The number of carboxylic acid groups (broad SMARTS) is 1. The zero-order chi connectivity index (χ0) is 15.8. The molecule has 2 aromatic carbocycles. The molecule has 1 N–H and O–H groups in total. The minimum atomic E-state index is -3.59. The largest absolute Gasteiger partial charge is 0.478 e. The van der Waals surface area contributed by atoms with Gasteiger partial charge in [0.05, 0.1) is 10.5 Å². The highest BCUT2D eigenvalue weighted by molar-refractivity contribution is 7.90. The van der Waals surface area contributed by atoms with Crippen LogP contribution < -0.4 is 0 Å².